The van der Waals surface area contributed by atoms with Gasteiger partial charge < -0.3 is 19.5 Å². The van der Waals surface area contributed by atoms with Crippen LogP contribution in [0.2, 0.25) is 0 Å². The summed E-state index contributed by atoms with van der Waals surface area (Å²) < 4.78 is 11.4. The van der Waals surface area contributed by atoms with Crippen LogP contribution >= 0.6 is 0 Å². The van der Waals surface area contributed by atoms with E-state index in [0.29, 0.717) is 17.6 Å². The van der Waals surface area contributed by atoms with Gasteiger partial charge in [0, 0.05) is 22.5 Å². The Morgan fingerprint density at radius 3 is 2.53 bits per heavy atom. The Morgan fingerprint density at radius 2 is 1.84 bits per heavy atom. The van der Waals surface area contributed by atoms with Gasteiger partial charge in [-0.25, -0.2) is 0 Å². The van der Waals surface area contributed by atoms with Crippen molar-refractivity contribution in [3.8, 4) is 28.6 Å². The van der Waals surface area contributed by atoms with E-state index in [2.05, 4.69) is 35.9 Å². The summed E-state index contributed by atoms with van der Waals surface area (Å²) in [4.78, 5) is 9.27. The van der Waals surface area contributed by atoms with Crippen molar-refractivity contribution < 1.29 is 19.5 Å². The summed E-state index contributed by atoms with van der Waals surface area (Å²) in [6.45, 7) is 10.1. The highest BCUT2D eigenvalue weighted by atomic mass is 16.5. The quantitative estimate of drug-likeness (QED) is 0.486. The molecular formula is C25H33N3O4. The average Bonchev–Trinajstić information content (AvgIpc) is 3.22. The molecule has 1 atom stereocenters. The van der Waals surface area contributed by atoms with E-state index >= 15 is 0 Å². The van der Waals surface area contributed by atoms with Crippen molar-refractivity contribution in [3.05, 3.63) is 46.8 Å². The van der Waals surface area contributed by atoms with Gasteiger partial charge in [-0.3, -0.25) is 4.98 Å². The van der Waals surface area contributed by atoms with E-state index < -0.39 is 6.10 Å². The number of hydrogen-bond donors (Lipinski definition) is 2. The molecule has 32 heavy (non-hydrogen) atoms. The maximum Gasteiger partial charge on any atom is 0.258 e. The molecule has 0 fully saturated rings. The van der Waals surface area contributed by atoms with Gasteiger partial charge in [-0.2, -0.15) is 4.98 Å². The van der Waals surface area contributed by atoms with Gasteiger partial charge in [0.05, 0.1) is 6.61 Å². The first-order valence-electron chi connectivity index (χ1n) is 11.2. The van der Waals surface area contributed by atoms with Gasteiger partial charge in [-0.05, 0) is 68.0 Å². The van der Waals surface area contributed by atoms with Crippen LogP contribution in [0, 0.1) is 19.8 Å². The van der Waals surface area contributed by atoms with E-state index in [0.717, 1.165) is 58.7 Å². The van der Waals surface area contributed by atoms with Crippen LogP contribution < -0.4 is 4.74 Å². The molecule has 0 spiro atoms. The second kappa shape index (κ2) is 10.7. The van der Waals surface area contributed by atoms with Crippen LogP contribution in [0.5, 0.6) is 5.75 Å². The van der Waals surface area contributed by atoms with Crippen LogP contribution in [0.25, 0.3) is 22.8 Å². The van der Waals surface area contributed by atoms with Crippen molar-refractivity contribution in [2.75, 3.05) is 13.2 Å². The van der Waals surface area contributed by atoms with E-state index in [4.69, 9.17) is 14.4 Å². The number of nitrogens with zero attached hydrogens (tertiary/aromatic N) is 3. The first kappa shape index (κ1) is 23.9. The Bertz CT molecular complexity index is 1050. The van der Waals surface area contributed by atoms with Crippen LogP contribution in [0.3, 0.4) is 0 Å². The number of hydrogen-bond acceptors (Lipinski definition) is 7. The van der Waals surface area contributed by atoms with E-state index in [-0.39, 0.29) is 13.2 Å². The van der Waals surface area contributed by atoms with E-state index in [9.17, 15) is 5.11 Å². The van der Waals surface area contributed by atoms with Crippen LogP contribution in [0.15, 0.2) is 28.8 Å². The van der Waals surface area contributed by atoms with Gasteiger partial charge in [-0.15, -0.1) is 0 Å². The lowest BCUT2D eigenvalue weighted by molar-refractivity contribution is 0.0531. The van der Waals surface area contributed by atoms with Gasteiger partial charge in [-0.1, -0.05) is 32.3 Å². The molecule has 1 aromatic carbocycles. The van der Waals surface area contributed by atoms with Gasteiger partial charge in [0.2, 0.25) is 5.82 Å². The largest absolute Gasteiger partial charge is 0.490 e. The maximum atomic E-state index is 9.65. The lowest BCUT2D eigenvalue weighted by atomic mass is 10.0. The number of aromatic nitrogens is 3. The summed E-state index contributed by atoms with van der Waals surface area (Å²) in [6.07, 6.45) is 1.73. The summed E-state index contributed by atoms with van der Waals surface area (Å²) in [5.41, 5.74) is 5.59. The fourth-order valence-electron chi connectivity index (χ4n) is 3.71. The minimum absolute atomic E-state index is 0.0415. The Kier molecular flexibility index (Phi) is 7.99. The third kappa shape index (κ3) is 5.93. The third-order valence-corrected chi connectivity index (χ3v) is 5.06. The number of aliphatic hydroxyl groups is 2. The maximum absolute atomic E-state index is 9.65. The van der Waals surface area contributed by atoms with Crippen molar-refractivity contribution in [3.63, 3.8) is 0 Å². The molecule has 3 rings (SSSR count). The number of ether oxygens (including phenoxy) is 1. The van der Waals surface area contributed by atoms with Crippen LogP contribution in [-0.2, 0) is 12.8 Å². The van der Waals surface area contributed by atoms with Crippen molar-refractivity contribution in [1.82, 2.24) is 15.1 Å². The van der Waals surface area contributed by atoms with E-state index in [1.807, 2.05) is 38.1 Å². The standard InChI is InChI=1S/C25H33N3O4/c1-6-7-18-11-19(9-16(4)23(18)31-14-22(30)13-29)24-27-25(32-28-24)20-10-17(5)26-21(12-20)8-15(2)3/h9-12,15,22,29-30H,6-8,13-14H2,1-5H3. The van der Waals surface area contributed by atoms with Crippen molar-refractivity contribution in [1.29, 1.82) is 0 Å². The molecule has 2 aromatic heterocycles. The average molecular weight is 440 g/mol. The first-order chi connectivity index (χ1) is 15.3. The fraction of sp³-hybridized carbons (Fsp3) is 0.480. The minimum atomic E-state index is -0.910. The molecule has 0 bridgehead atoms. The van der Waals surface area contributed by atoms with Gasteiger partial charge in [0.1, 0.15) is 18.5 Å². The number of aryl methyl sites for hydroxylation is 3. The summed E-state index contributed by atoms with van der Waals surface area (Å²) >= 11 is 0. The van der Waals surface area contributed by atoms with Gasteiger partial charge in [0.15, 0.2) is 0 Å². The zero-order valence-electron chi connectivity index (χ0n) is 19.6. The summed E-state index contributed by atoms with van der Waals surface area (Å²) in [5.74, 6) is 2.23. The lowest BCUT2D eigenvalue weighted by Crippen LogP contribution is -2.22. The van der Waals surface area contributed by atoms with Crippen molar-refractivity contribution in [2.45, 2.75) is 60.0 Å². The van der Waals surface area contributed by atoms with Gasteiger partial charge >= 0.3 is 0 Å². The lowest BCUT2D eigenvalue weighted by Gasteiger charge is -2.17. The Balaban J connectivity index is 1.92. The Morgan fingerprint density at radius 1 is 1.06 bits per heavy atom. The van der Waals surface area contributed by atoms with Crippen molar-refractivity contribution >= 4 is 0 Å². The molecule has 0 saturated carbocycles. The summed E-state index contributed by atoms with van der Waals surface area (Å²) in [5, 5.41) is 22.9. The number of benzene rings is 1. The second-order valence-corrected chi connectivity index (χ2v) is 8.69. The SMILES string of the molecule is CCCc1cc(-c2noc(-c3cc(C)nc(CC(C)C)c3)n2)cc(C)c1OCC(O)CO. The molecule has 7 nitrogen and oxygen atoms in total. The molecule has 0 radical (unpaired) electrons. The Hall–Kier alpha value is -2.77. The third-order valence-electron chi connectivity index (χ3n) is 5.06. The highest BCUT2D eigenvalue weighted by molar-refractivity contribution is 5.64. The first-order valence-corrected chi connectivity index (χ1v) is 11.2. The van der Waals surface area contributed by atoms with E-state index in [1.54, 1.807) is 0 Å². The second-order valence-electron chi connectivity index (χ2n) is 8.69. The molecule has 1 unspecified atom stereocenters. The predicted octanol–water partition coefficient (Wildman–Crippen LogP) is 4.30. The van der Waals surface area contributed by atoms with E-state index in [1.165, 1.54) is 0 Å². The molecule has 7 heteroatoms. The normalized spacial score (nSPS) is 12.4. The zero-order chi connectivity index (χ0) is 23.3. The summed E-state index contributed by atoms with van der Waals surface area (Å²) in [6, 6.07) is 7.93. The molecular weight excluding hydrogens is 406 g/mol. The molecule has 0 saturated heterocycles. The van der Waals surface area contributed by atoms with Crippen LogP contribution in [0.1, 0.15) is 49.7 Å². The number of rotatable bonds is 10. The molecule has 3 aromatic rings. The predicted molar refractivity (Wildman–Crippen MR) is 124 cm³/mol. The Labute approximate surface area is 189 Å². The molecule has 172 valence electrons. The highest BCUT2D eigenvalue weighted by Gasteiger charge is 2.17. The molecule has 0 aliphatic rings. The number of aliphatic hydroxyl groups excluding tert-OH is 2. The number of pyridine rings is 1. The van der Waals surface area contributed by atoms with Gasteiger partial charge in [0.25, 0.3) is 5.89 Å². The molecule has 2 N–H and O–H groups in total. The summed E-state index contributed by atoms with van der Waals surface area (Å²) in [7, 11) is 0. The monoisotopic (exact) mass is 439 g/mol. The smallest absolute Gasteiger partial charge is 0.258 e. The highest BCUT2D eigenvalue weighted by Crippen LogP contribution is 2.32. The minimum Gasteiger partial charge on any atom is -0.490 e. The fourth-order valence-corrected chi connectivity index (χ4v) is 3.71. The molecule has 0 aliphatic heterocycles. The molecule has 0 amide bonds. The topological polar surface area (TPSA) is 102 Å². The van der Waals surface area contributed by atoms with Crippen molar-refractivity contribution in [2.24, 2.45) is 5.92 Å². The molecule has 0 aliphatic carbocycles. The van der Waals surface area contributed by atoms with Crippen LogP contribution in [-0.4, -0.2) is 44.7 Å². The zero-order valence-corrected chi connectivity index (χ0v) is 19.6. The molecule has 2 heterocycles. The van der Waals surface area contributed by atoms with Crippen LogP contribution in [0.4, 0.5) is 0 Å².